The van der Waals surface area contributed by atoms with Gasteiger partial charge < -0.3 is 9.84 Å². The molecule has 0 amide bonds. The van der Waals surface area contributed by atoms with Crippen LogP contribution < -0.4 is 0 Å². The number of hydrogen-bond acceptors (Lipinski definition) is 2. The first-order valence-electron chi connectivity index (χ1n) is 4.55. The lowest BCUT2D eigenvalue weighted by atomic mass is 9.78. The molecule has 12 heavy (non-hydrogen) atoms. The van der Waals surface area contributed by atoms with Crippen molar-refractivity contribution in [3.63, 3.8) is 0 Å². The van der Waals surface area contributed by atoms with E-state index >= 15 is 0 Å². The van der Waals surface area contributed by atoms with Crippen molar-refractivity contribution in [2.24, 2.45) is 5.92 Å². The molecule has 68 valence electrons. The molecule has 0 spiro atoms. The molecule has 1 aliphatic heterocycles. The van der Waals surface area contributed by atoms with Crippen LogP contribution in [0.4, 0.5) is 0 Å². The van der Waals surface area contributed by atoms with Gasteiger partial charge in [0.1, 0.15) is 5.60 Å². The smallest absolute Gasteiger partial charge is 0.118 e. The Labute approximate surface area is 73.2 Å². The molecular weight excluding hydrogens is 152 g/mol. The Bertz CT molecular complexity index is 224. The Morgan fingerprint density at radius 2 is 2.25 bits per heavy atom. The molecule has 1 saturated heterocycles. The summed E-state index contributed by atoms with van der Waals surface area (Å²) in [7, 11) is 0. The van der Waals surface area contributed by atoms with Crippen LogP contribution in [0.2, 0.25) is 0 Å². The molecule has 1 heterocycles. The van der Waals surface area contributed by atoms with E-state index in [-0.39, 0.29) is 17.8 Å². The molecule has 4 atom stereocenters. The quantitative estimate of drug-likeness (QED) is 0.475. The second-order valence-electron chi connectivity index (χ2n) is 4.32. The Morgan fingerprint density at radius 3 is 2.75 bits per heavy atom. The van der Waals surface area contributed by atoms with E-state index in [1.807, 2.05) is 13.8 Å². The summed E-state index contributed by atoms with van der Waals surface area (Å²) in [4.78, 5) is 0. The van der Waals surface area contributed by atoms with E-state index in [4.69, 9.17) is 4.74 Å². The van der Waals surface area contributed by atoms with Crippen molar-refractivity contribution in [2.45, 2.75) is 44.5 Å². The predicted octanol–water partition coefficient (Wildman–Crippen LogP) is 1.49. The fraction of sp³-hybridized carbons (Fsp3) is 0.800. The maximum Gasteiger partial charge on any atom is 0.118 e. The van der Waals surface area contributed by atoms with Crippen molar-refractivity contribution in [3.8, 4) is 0 Å². The molecule has 0 bridgehead atoms. The second kappa shape index (κ2) is 2.33. The standard InChI is InChI=1S/C10H16O2/c1-6(2)7-4-8(11)10(3)9(5-7)12-10/h7-9,11H,1,4-5H2,2-3H3/t7-,8-,9-,10+/m1/s1. The zero-order valence-corrected chi connectivity index (χ0v) is 7.71. The summed E-state index contributed by atoms with van der Waals surface area (Å²) < 4.78 is 5.47. The zero-order chi connectivity index (χ0) is 8.93. The summed E-state index contributed by atoms with van der Waals surface area (Å²) in [5.41, 5.74) is 0.956. The van der Waals surface area contributed by atoms with Gasteiger partial charge in [-0.1, -0.05) is 12.2 Å². The van der Waals surface area contributed by atoms with Gasteiger partial charge in [-0.05, 0) is 32.6 Å². The van der Waals surface area contributed by atoms with Crippen molar-refractivity contribution in [1.82, 2.24) is 0 Å². The lowest BCUT2D eigenvalue weighted by Gasteiger charge is -2.27. The second-order valence-corrected chi connectivity index (χ2v) is 4.32. The topological polar surface area (TPSA) is 32.8 Å². The van der Waals surface area contributed by atoms with Gasteiger partial charge in [0.25, 0.3) is 0 Å². The number of allylic oxidation sites excluding steroid dienone is 1. The zero-order valence-electron chi connectivity index (χ0n) is 7.71. The van der Waals surface area contributed by atoms with Gasteiger partial charge in [0.05, 0.1) is 12.2 Å². The Hall–Kier alpha value is -0.340. The maximum atomic E-state index is 9.73. The van der Waals surface area contributed by atoms with Crippen LogP contribution in [0.15, 0.2) is 12.2 Å². The molecule has 1 N–H and O–H groups in total. The molecular formula is C10H16O2. The number of rotatable bonds is 1. The van der Waals surface area contributed by atoms with Crippen LogP contribution in [-0.2, 0) is 4.74 Å². The van der Waals surface area contributed by atoms with Gasteiger partial charge in [-0.25, -0.2) is 0 Å². The largest absolute Gasteiger partial charge is 0.390 e. The van der Waals surface area contributed by atoms with Crippen LogP contribution in [0.3, 0.4) is 0 Å². The highest BCUT2D eigenvalue weighted by Gasteiger charge is 2.60. The molecule has 2 rings (SSSR count). The van der Waals surface area contributed by atoms with Gasteiger partial charge in [-0.2, -0.15) is 0 Å². The predicted molar refractivity (Wildman–Crippen MR) is 46.8 cm³/mol. The molecule has 2 nitrogen and oxygen atoms in total. The number of aliphatic hydroxyl groups excluding tert-OH is 1. The van der Waals surface area contributed by atoms with Crippen LogP contribution in [-0.4, -0.2) is 22.9 Å². The van der Waals surface area contributed by atoms with Gasteiger partial charge in [-0.15, -0.1) is 0 Å². The van der Waals surface area contributed by atoms with Crippen molar-refractivity contribution in [2.75, 3.05) is 0 Å². The Morgan fingerprint density at radius 1 is 1.58 bits per heavy atom. The number of aliphatic hydroxyl groups is 1. The van der Waals surface area contributed by atoms with Gasteiger partial charge in [0, 0.05) is 0 Å². The minimum Gasteiger partial charge on any atom is -0.390 e. The summed E-state index contributed by atoms with van der Waals surface area (Å²) in [6.45, 7) is 7.95. The van der Waals surface area contributed by atoms with Crippen molar-refractivity contribution < 1.29 is 9.84 Å². The van der Waals surface area contributed by atoms with Gasteiger partial charge in [0.15, 0.2) is 0 Å². The monoisotopic (exact) mass is 168 g/mol. The first-order chi connectivity index (χ1) is 5.54. The van der Waals surface area contributed by atoms with E-state index in [9.17, 15) is 5.11 Å². The van der Waals surface area contributed by atoms with E-state index in [2.05, 4.69) is 6.58 Å². The molecule has 0 radical (unpaired) electrons. The van der Waals surface area contributed by atoms with E-state index in [0.717, 1.165) is 12.8 Å². The van der Waals surface area contributed by atoms with Crippen molar-refractivity contribution >= 4 is 0 Å². The van der Waals surface area contributed by atoms with Crippen LogP contribution in [0.1, 0.15) is 26.7 Å². The highest BCUT2D eigenvalue weighted by Crippen LogP contribution is 2.50. The fourth-order valence-electron chi connectivity index (χ4n) is 2.11. The van der Waals surface area contributed by atoms with Crippen LogP contribution in [0.5, 0.6) is 0 Å². The van der Waals surface area contributed by atoms with Gasteiger partial charge in [0.2, 0.25) is 0 Å². The SMILES string of the molecule is C=C(C)[C@@H]1C[C@@H](O)[C@]2(C)O[C@@H]2C1. The summed E-state index contributed by atoms with van der Waals surface area (Å²) in [5.74, 6) is 0.459. The molecule has 1 saturated carbocycles. The Balaban J connectivity index is 2.06. The molecule has 0 aromatic rings. The molecule has 2 heteroatoms. The molecule has 0 unspecified atom stereocenters. The minimum atomic E-state index is -0.294. The lowest BCUT2D eigenvalue weighted by Crippen LogP contribution is -2.36. The fourth-order valence-corrected chi connectivity index (χ4v) is 2.11. The molecule has 2 aliphatic rings. The summed E-state index contributed by atoms with van der Waals surface area (Å²) in [6, 6.07) is 0. The van der Waals surface area contributed by atoms with Crippen LogP contribution in [0, 0.1) is 5.92 Å². The molecule has 0 aromatic carbocycles. The molecule has 2 fully saturated rings. The average molecular weight is 168 g/mol. The summed E-state index contributed by atoms with van der Waals surface area (Å²) >= 11 is 0. The third-order valence-corrected chi connectivity index (χ3v) is 3.34. The molecule has 0 aromatic heterocycles. The van der Waals surface area contributed by atoms with Crippen LogP contribution >= 0.6 is 0 Å². The summed E-state index contributed by atoms with van der Waals surface area (Å²) in [6.07, 6.45) is 1.85. The van der Waals surface area contributed by atoms with Gasteiger partial charge >= 0.3 is 0 Å². The van der Waals surface area contributed by atoms with E-state index in [0.29, 0.717) is 5.92 Å². The van der Waals surface area contributed by atoms with Gasteiger partial charge in [-0.3, -0.25) is 0 Å². The number of ether oxygens (including phenoxy) is 1. The number of epoxide rings is 1. The maximum absolute atomic E-state index is 9.73. The number of hydrogen-bond donors (Lipinski definition) is 1. The normalized spacial score (nSPS) is 51.4. The third kappa shape index (κ3) is 1.02. The van der Waals surface area contributed by atoms with Crippen LogP contribution in [0.25, 0.3) is 0 Å². The average Bonchev–Trinajstić information content (AvgIpc) is 2.62. The number of fused-ring (bicyclic) bond motifs is 1. The highest BCUT2D eigenvalue weighted by molar-refractivity contribution is 5.14. The first-order valence-corrected chi connectivity index (χ1v) is 4.55. The van der Waals surface area contributed by atoms with Crippen molar-refractivity contribution in [3.05, 3.63) is 12.2 Å². The van der Waals surface area contributed by atoms with E-state index < -0.39 is 0 Å². The van der Waals surface area contributed by atoms with E-state index in [1.54, 1.807) is 0 Å². The van der Waals surface area contributed by atoms with E-state index in [1.165, 1.54) is 5.57 Å². The minimum absolute atomic E-state index is 0.216. The highest BCUT2D eigenvalue weighted by atomic mass is 16.6. The molecule has 1 aliphatic carbocycles. The lowest BCUT2D eigenvalue weighted by molar-refractivity contribution is 0.0641. The summed E-state index contributed by atoms with van der Waals surface area (Å²) in [5, 5.41) is 9.73. The Kier molecular flexibility index (Phi) is 1.61. The first kappa shape index (κ1) is 8.27. The van der Waals surface area contributed by atoms with Crippen molar-refractivity contribution in [1.29, 1.82) is 0 Å². The third-order valence-electron chi connectivity index (χ3n) is 3.34.